The third kappa shape index (κ3) is 7.29. The molecule has 0 bridgehead atoms. The second-order valence-electron chi connectivity index (χ2n) is 9.28. The van der Waals surface area contributed by atoms with Crippen molar-refractivity contribution in [3.05, 3.63) is 57.1 Å². The number of aromatic nitrogens is 1. The first-order chi connectivity index (χ1) is 16.6. The zero-order chi connectivity index (χ0) is 25.2. The van der Waals surface area contributed by atoms with Crippen molar-refractivity contribution in [1.29, 1.82) is 0 Å². The van der Waals surface area contributed by atoms with Gasteiger partial charge in [0.05, 0.1) is 34.2 Å². The monoisotopic (exact) mass is 543 g/mol. The molecule has 190 valence electrons. The Morgan fingerprint density at radius 2 is 1.91 bits per heavy atom. The molecule has 0 radical (unpaired) electrons. The van der Waals surface area contributed by atoms with Crippen LogP contribution in [0, 0.1) is 11.7 Å². The number of piperidine rings is 1. The zero-order valence-electron chi connectivity index (χ0n) is 19.4. The van der Waals surface area contributed by atoms with E-state index in [0.717, 1.165) is 69.3 Å². The van der Waals surface area contributed by atoms with Crippen LogP contribution in [0.3, 0.4) is 0 Å². The highest BCUT2D eigenvalue weighted by molar-refractivity contribution is 7.89. The molecule has 1 saturated heterocycles. The van der Waals surface area contributed by atoms with Gasteiger partial charge < -0.3 is 9.64 Å². The Morgan fingerprint density at radius 1 is 1.20 bits per heavy atom. The summed E-state index contributed by atoms with van der Waals surface area (Å²) >= 11 is 12.1. The Hall–Kier alpha value is -1.94. The molecule has 1 aliphatic heterocycles. The SMILES string of the molecule is CS(=O)(=O)NC(=O)c1cc(C2CC2)c(OCC2CCN(CCc3ncc(Cl)cc3Cl)CC2)cc1F. The summed E-state index contributed by atoms with van der Waals surface area (Å²) in [7, 11) is -3.79. The summed E-state index contributed by atoms with van der Waals surface area (Å²) in [5, 5.41) is 1.11. The highest BCUT2D eigenvalue weighted by atomic mass is 35.5. The van der Waals surface area contributed by atoms with E-state index in [1.165, 1.54) is 12.1 Å². The Labute approximate surface area is 215 Å². The van der Waals surface area contributed by atoms with Gasteiger partial charge >= 0.3 is 0 Å². The van der Waals surface area contributed by atoms with Gasteiger partial charge in [0.1, 0.15) is 11.6 Å². The van der Waals surface area contributed by atoms with E-state index in [9.17, 15) is 17.6 Å². The van der Waals surface area contributed by atoms with Crippen LogP contribution in [0.1, 0.15) is 53.2 Å². The predicted molar refractivity (Wildman–Crippen MR) is 133 cm³/mol. The third-order valence-electron chi connectivity index (χ3n) is 6.37. The van der Waals surface area contributed by atoms with Crippen molar-refractivity contribution in [2.75, 3.05) is 32.5 Å². The lowest BCUT2D eigenvalue weighted by atomic mass is 9.97. The summed E-state index contributed by atoms with van der Waals surface area (Å²) in [5.74, 6) is -0.792. The van der Waals surface area contributed by atoms with Gasteiger partial charge in [0, 0.05) is 25.2 Å². The molecular formula is C24H28Cl2FN3O4S. The number of benzene rings is 1. The van der Waals surface area contributed by atoms with Crippen LogP contribution >= 0.6 is 23.2 Å². The second-order valence-corrected chi connectivity index (χ2v) is 11.9. The number of pyridine rings is 1. The number of likely N-dealkylation sites (tertiary alicyclic amines) is 1. The van der Waals surface area contributed by atoms with E-state index in [1.54, 1.807) is 12.3 Å². The minimum Gasteiger partial charge on any atom is -0.493 e. The molecule has 1 N–H and O–H groups in total. The third-order valence-corrected chi connectivity index (χ3v) is 7.46. The van der Waals surface area contributed by atoms with Crippen LogP contribution in [-0.4, -0.2) is 56.7 Å². The number of amides is 1. The quantitative estimate of drug-likeness (QED) is 0.503. The number of sulfonamides is 1. The minimum atomic E-state index is -3.79. The number of rotatable bonds is 9. The van der Waals surface area contributed by atoms with Crippen molar-refractivity contribution in [1.82, 2.24) is 14.6 Å². The molecule has 0 spiro atoms. The van der Waals surface area contributed by atoms with Gasteiger partial charge in [0.15, 0.2) is 0 Å². The first kappa shape index (κ1) is 26.1. The largest absolute Gasteiger partial charge is 0.493 e. The summed E-state index contributed by atoms with van der Waals surface area (Å²) in [5.41, 5.74) is 1.31. The first-order valence-electron chi connectivity index (χ1n) is 11.6. The van der Waals surface area contributed by atoms with Crippen molar-refractivity contribution in [2.45, 2.75) is 38.0 Å². The van der Waals surface area contributed by atoms with E-state index in [2.05, 4.69) is 9.88 Å². The van der Waals surface area contributed by atoms with Crippen molar-refractivity contribution >= 4 is 39.1 Å². The molecule has 1 saturated carbocycles. The van der Waals surface area contributed by atoms with Crippen molar-refractivity contribution < 1.29 is 22.3 Å². The van der Waals surface area contributed by atoms with Crippen LogP contribution in [0.15, 0.2) is 24.4 Å². The highest BCUT2D eigenvalue weighted by Gasteiger charge is 2.30. The van der Waals surface area contributed by atoms with Gasteiger partial charge in [-0.15, -0.1) is 0 Å². The van der Waals surface area contributed by atoms with Crippen LogP contribution in [0.5, 0.6) is 5.75 Å². The van der Waals surface area contributed by atoms with E-state index in [4.69, 9.17) is 27.9 Å². The van der Waals surface area contributed by atoms with Gasteiger partial charge in [-0.1, -0.05) is 23.2 Å². The topological polar surface area (TPSA) is 88.6 Å². The molecule has 1 aromatic carbocycles. The zero-order valence-corrected chi connectivity index (χ0v) is 21.7. The summed E-state index contributed by atoms with van der Waals surface area (Å²) in [4.78, 5) is 18.9. The van der Waals surface area contributed by atoms with Gasteiger partial charge in [-0.2, -0.15) is 0 Å². The van der Waals surface area contributed by atoms with E-state index >= 15 is 0 Å². The fraction of sp³-hybridized carbons (Fsp3) is 0.500. The van der Waals surface area contributed by atoms with E-state index in [1.807, 2.05) is 4.72 Å². The predicted octanol–water partition coefficient (Wildman–Crippen LogP) is 4.43. The maximum Gasteiger partial charge on any atom is 0.267 e. The molecule has 1 aromatic heterocycles. The molecular weight excluding hydrogens is 516 g/mol. The average Bonchev–Trinajstić information content (AvgIpc) is 3.62. The Morgan fingerprint density at radius 3 is 2.54 bits per heavy atom. The standard InChI is InChI=1S/C24H28Cl2FN3O4S/c1-35(32,33)29-24(31)19-11-18(16-2-3-16)23(12-21(19)27)34-14-15-4-7-30(8-5-15)9-6-22-20(26)10-17(25)13-28-22/h10-13,15-16H,2-9,14H2,1H3,(H,29,31). The number of carbonyl (C=O) groups excluding carboxylic acids is 1. The lowest BCUT2D eigenvalue weighted by molar-refractivity contribution is 0.0977. The molecule has 2 aliphatic rings. The maximum absolute atomic E-state index is 14.7. The fourth-order valence-corrected chi connectivity index (χ4v) is 5.20. The fourth-order valence-electron chi connectivity index (χ4n) is 4.28. The molecule has 2 heterocycles. The molecule has 11 heteroatoms. The molecule has 35 heavy (non-hydrogen) atoms. The molecule has 2 aromatic rings. The molecule has 1 aliphatic carbocycles. The number of nitrogens with one attached hydrogen (secondary N) is 1. The van der Waals surface area contributed by atoms with Crippen molar-refractivity contribution in [2.24, 2.45) is 5.92 Å². The van der Waals surface area contributed by atoms with Gasteiger partial charge in [-0.05, 0) is 68.3 Å². The summed E-state index contributed by atoms with van der Waals surface area (Å²) in [6.45, 7) is 3.17. The van der Waals surface area contributed by atoms with Crippen molar-refractivity contribution in [3.8, 4) is 5.75 Å². The van der Waals surface area contributed by atoms with Crippen LogP contribution in [-0.2, 0) is 16.4 Å². The number of halogens is 3. The van der Waals surface area contributed by atoms with E-state index < -0.39 is 21.7 Å². The smallest absolute Gasteiger partial charge is 0.267 e. The number of ether oxygens (including phenoxy) is 1. The van der Waals surface area contributed by atoms with Gasteiger partial charge in [0.25, 0.3) is 5.91 Å². The summed E-state index contributed by atoms with van der Waals surface area (Å²) in [6.07, 6.45) is 6.99. The lowest BCUT2D eigenvalue weighted by Gasteiger charge is -2.32. The first-order valence-corrected chi connectivity index (χ1v) is 14.2. The number of carbonyl (C=O) groups is 1. The van der Waals surface area contributed by atoms with Gasteiger partial charge in [-0.3, -0.25) is 9.78 Å². The second kappa shape index (κ2) is 11.0. The normalized spacial score (nSPS) is 17.4. The Kier molecular flexibility index (Phi) is 8.20. The summed E-state index contributed by atoms with van der Waals surface area (Å²) in [6, 6.07) is 4.35. The Bertz CT molecular complexity index is 1200. The maximum atomic E-state index is 14.7. The molecule has 2 fully saturated rings. The van der Waals surface area contributed by atoms with E-state index in [-0.39, 0.29) is 11.5 Å². The molecule has 1 amide bonds. The molecule has 0 atom stereocenters. The van der Waals surface area contributed by atoms with Crippen LogP contribution in [0.25, 0.3) is 0 Å². The van der Waals surface area contributed by atoms with Crippen molar-refractivity contribution in [3.63, 3.8) is 0 Å². The summed E-state index contributed by atoms with van der Waals surface area (Å²) < 4.78 is 45.3. The van der Waals surface area contributed by atoms with Gasteiger partial charge in [-0.25, -0.2) is 17.5 Å². The average molecular weight is 544 g/mol. The number of hydrogen-bond acceptors (Lipinski definition) is 6. The number of hydrogen-bond donors (Lipinski definition) is 1. The van der Waals surface area contributed by atoms with Gasteiger partial charge in [0.2, 0.25) is 10.0 Å². The molecule has 4 rings (SSSR count). The Balaban J connectivity index is 1.31. The highest BCUT2D eigenvalue weighted by Crippen LogP contribution is 2.45. The van der Waals surface area contributed by atoms with Crippen LogP contribution < -0.4 is 9.46 Å². The molecule has 0 unspecified atom stereocenters. The minimum absolute atomic E-state index is 0.200. The van der Waals surface area contributed by atoms with Crippen LogP contribution in [0.4, 0.5) is 4.39 Å². The van der Waals surface area contributed by atoms with E-state index in [0.29, 0.717) is 28.3 Å². The van der Waals surface area contributed by atoms with Crippen LogP contribution in [0.2, 0.25) is 10.0 Å². The number of nitrogens with zero attached hydrogens (tertiary/aromatic N) is 2. The lowest BCUT2D eigenvalue weighted by Crippen LogP contribution is -2.36. The molecule has 7 nitrogen and oxygen atoms in total.